The first kappa shape index (κ1) is 44.8. The molecule has 2 atom stereocenters. The van der Waals surface area contributed by atoms with Gasteiger partial charge in [0.2, 0.25) is 0 Å². The van der Waals surface area contributed by atoms with Crippen LogP contribution in [0.25, 0.3) is 0 Å². The zero-order valence-electron chi connectivity index (χ0n) is 32.4. The van der Waals surface area contributed by atoms with Crippen LogP contribution in [0.4, 0.5) is 0 Å². The summed E-state index contributed by atoms with van der Waals surface area (Å²) in [5, 5.41) is 0. The highest BCUT2D eigenvalue weighted by atomic mass is 16.5. The van der Waals surface area contributed by atoms with Gasteiger partial charge in [0.1, 0.15) is 0 Å². The number of methoxy groups -OCH3 is 1. The minimum atomic E-state index is -0.0886. The number of carbonyl (C=O) groups excluding carboxylic acids is 2. The summed E-state index contributed by atoms with van der Waals surface area (Å²) in [5.74, 6) is 1.94. The molecule has 0 bridgehead atoms. The van der Waals surface area contributed by atoms with Gasteiger partial charge in [0, 0.05) is 32.5 Å². The van der Waals surface area contributed by atoms with E-state index in [4.69, 9.17) is 18.9 Å². The molecular weight excluding hydrogens is 602 g/mol. The Hall–Kier alpha value is -1.18. The molecule has 0 N–H and O–H groups in total. The van der Waals surface area contributed by atoms with Crippen LogP contribution in [0.3, 0.4) is 0 Å². The third-order valence-corrected chi connectivity index (χ3v) is 10.2. The van der Waals surface area contributed by atoms with E-state index in [1.807, 2.05) is 0 Å². The van der Waals surface area contributed by atoms with Crippen LogP contribution in [0.5, 0.6) is 0 Å². The Labute approximate surface area is 297 Å². The normalized spacial score (nSPS) is 15.2. The smallest absolute Gasteiger partial charge is 0.305 e. The van der Waals surface area contributed by atoms with E-state index in [1.165, 1.54) is 103 Å². The molecule has 1 saturated heterocycles. The van der Waals surface area contributed by atoms with E-state index in [0.717, 1.165) is 83.9 Å². The molecule has 0 radical (unpaired) electrons. The van der Waals surface area contributed by atoms with Crippen LogP contribution in [0.15, 0.2) is 0 Å². The second kappa shape index (κ2) is 31.8. The average Bonchev–Trinajstić information content (AvgIpc) is 3.07. The summed E-state index contributed by atoms with van der Waals surface area (Å²) in [5.41, 5.74) is 0. The standard InChI is InChI=1S/C41H79NO6/c1-36(2)26-27-38(37(3)4)28-33-48-41(44)25-19-15-11-7-9-13-17-23-39(47-32-21-20-29-42-30-34-46-35-31-42)22-16-12-8-6-10-14-18-24-40(43)45-5/h36-39H,6-35H2,1-5H3. The largest absolute Gasteiger partial charge is 0.469 e. The average molecular weight is 682 g/mol. The number of nitrogens with zero attached hydrogens (tertiary/aromatic N) is 1. The van der Waals surface area contributed by atoms with E-state index in [-0.39, 0.29) is 11.9 Å². The molecule has 1 aliphatic heterocycles. The lowest BCUT2D eigenvalue weighted by Gasteiger charge is -2.26. The fourth-order valence-electron chi connectivity index (χ4n) is 6.73. The maximum absolute atomic E-state index is 12.2. The molecule has 1 heterocycles. The minimum absolute atomic E-state index is 0.0101. The quantitative estimate of drug-likeness (QED) is 0.0504. The van der Waals surface area contributed by atoms with Crippen molar-refractivity contribution in [3.8, 4) is 0 Å². The maximum atomic E-state index is 12.2. The Morgan fingerprint density at radius 1 is 0.604 bits per heavy atom. The summed E-state index contributed by atoms with van der Waals surface area (Å²) >= 11 is 0. The highest BCUT2D eigenvalue weighted by molar-refractivity contribution is 5.69. The molecule has 284 valence electrons. The third kappa shape index (κ3) is 27.6. The SMILES string of the molecule is COC(=O)CCCCCCCCCC(CCCCCCCCCC(=O)OCCC(CCC(C)C)C(C)C)OCCCCN1CCOCC1. The van der Waals surface area contributed by atoms with E-state index in [0.29, 0.717) is 37.4 Å². The van der Waals surface area contributed by atoms with Gasteiger partial charge in [0.15, 0.2) is 0 Å². The number of morpholine rings is 1. The molecule has 0 aliphatic carbocycles. The van der Waals surface area contributed by atoms with Gasteiger partial charge in [-0.1, -0.05) is 111 Å². The van der Waals surface area contributed by atoms with Crippen molar-refractivity contribution in [3.05, 3.63) is 0 Å². The zero-order valence-corrected chi connectivity index (χ0v) is 32.4. The molecule has 1 aliphatic rings. The Balaban J connectivity index is 2.14. The second-order valence-corrected chi connectivity index (χ2v) is 15.2. The summed E-state index contributed by atoms with van der Waals surface area (Å²) in [6.45, 7) is 15.7. The molecule has 0 saturated carbocycles. The minimum Gasteiger partial charge on any atom is -0.469 e. The first-order valence-electron chi connectivity index (χ1n) is 20.5. The van der Waals surface area contributed by atoms with Crippen LogP contribution in [0.2, 0.25) is 0 Å². The van der Waals surface area contributed by atoms with Gasteiger partial charge in [-0.3, -0.25) is 14.5 Å². The van der Waals surface area contributed by atoms with E-state index in [9.17, 15) is 9.59 Å². The molecule has 1 fully saturated rings. The zero-order chi connectivity index (χ0) is 35.1. The number of hydrogen-bond donors (Lipinski definition) is 0. The van der Waals surface area contributed by atoms with Crippen molar-refractivity contribution in [2.24, 2.45) is 17.8 Å². The van der Waals surface area contributed by atoms with E-state index < -0.39 is 0 Å². The van der Waals surface area contributed by atoms with Crippen molar-refractivity contribution >= 4 is 11.9 Å². The predicted molar refractivity (Wildman–Crippen MR) is 199 cm³/mol. The summed E-state index contributed by atoms with van der Waals surface area (Å²) in [6, 6.07) is 0. The molecule has 48 heavy (non-hydrogen) atoms. The number of carbonyl (C=O) groups is 2. The highest BCUT2D eigenvalue weighted by Crippen LogP contribution is 2.24. The molecule has 0 amide bonds. The van der Waals surface area contributed by atoms with Crippen molar-refractivity contribution in [1.82, 2.24) is 4.90 Å². The number of esters is 2. The van der Waals surface area contributed by atoms with Crippen LogP contribution >= 0.6 is 0 Å². The fraction of sp³-hybridized carbons (Fsp3) is 0.951. The number of hydrogen-bond acceptors (Lipinski definition) is 7. The highest BCUT2D eigenvalue weighted by Gasteiger charge is 2.15. The number of ether oxygens (including phenoxy) is 4. The topological polar surface area (TPSA) is 74.3 Å². The molecule has 0 spiro atoms. The van der Waals surface area contributed by atoms with Gasteiger partial charge in [-0.15, -0.1) is 0 Å². The lowest BCUT2D eigenvalue weighted by atomic mass is 9.86. The Bertz CT molecular complexity index is 738. The van der Waals surface area contributed by atoms with Crippen molar-refractivity contribution < 1.29 is 28.5 Å². The van der Waals surface area contributed by atoms with Gasteiger partial charge in [0.25, 0.3) is 0 Å². The van der Waals surface area contributed by atoms with Gasteiger partial charge in [-0.25, -0.2) is 0 Å². The van der Waals surface area contributed by atoms with Gasteiger partial charge in [-0.2, -0.15) is 0 Å². The maximum Gasteiger partial charge on any atom is 0.305 e. The lowest BCUT2D eigenvalue weighted by Crippen LogP contribution is -2.36. The molecule has 0 aromatic rings. The molecule has 0 aromatic heterocycles. The monoisotopic (exact) mass is 682 g/mol. The predicted octanol–water partition coefficient (Wildman–Crippen LogP) is 10.3. The van der Waals surface area contributed by atoms with Gasteiger partial charge in [0.05, 0.1) is 33.0 Å². The van der Waals surface area contributed by atoms with Crippen molar-refractivity contribution in [2.45, 2.75) is 181 Å². The Kier molecular flexibility index (Phi) is 29.7. The number of unbranched alkanes of at least 4 members (excludes halogenated alkanes) is 13. The van der Waals surface area contributed by atoms with Gasteiger partial charge in [-0.05, 0) is 75.7 Å². The molecule has 7 heteroatoms. The lowest BCUT2D eigenvalue weighted by molar-refractivity contribution is -0.144. The van der Waals surface area contributed by atoms with E-state index >= 15 is 0 Å². The molecule has 1 rings (SSSR count). The first-order chi connectivity index (χ1) is 23.3. The summed E-state index contributed by atoms with van der Waals surface area (Å²) in [6.07, 6.45) is 26.4. The van der Waals surface area contributed by atoms with E-state index in [2.05, 4.69) is 32.6 Å². The van der Waals surface area contributed by atoms with Crippen LogP contribution in [0, 0.1) is 17.8 Å². The molecule has 0 aromatic carbocycles. The fourth-order valence-corrected chi connectivity index (χ4v) is 6.73. The van der Waals surface area contributed by atoms with Crippen LogP contribution < -0.4 is 0 Å². The second-order valence-electron chi connectivity index (χ2n) is 15.2. The first-order valence-corrected chi connectivity index (χ1v) is 20.5. The molecule has 2 unspecified atom stereocenters. The van der Waals surface area contributed by atoms with Gasteiger partial charge >= 0.3 is 11.9 Å². The summed E-state index contributed by atoms with van der Waals surface area (Å²) < 4.78 is 22.2. The Morgan fingerprint density at radius 3 is 1.69 bits per heavy atom. The van der Waals surface area contributed by atoms with E-state index in [1.54, 1.807) is 0 Å². The van der Waals surface area contributed by atoms with Gasteiger partial charge < -0.3 is 18.9 Å². The van der Waals surface area contributed by atoms with Crippen molar-refractivity contribution in [1.29, 1.82) is 0 Å². The molecule has 7 nitrogen and oxygen atoms in total. The number of rotatable bonds is 33. The Morgan fingerprint density at radius 2 is 1.15 bits per heavy atom. The third-order valence-electron chi connectivity index (χ3n) is 10.2. The van der Waals surface area contributed by atoms with Crippen molar-refractivity contribution in [3.63, 3.8) is 0 Å². The van der Waals surface area contributed by atoms with Crippen LogP contribution in [-0.4, -0.2) is 76.1 Å². The van der Waals surface area contributed by atoms with Crippen LogP contribution in [0.1, 0.15) is 175 Å². The van der Waals surface area contributed by atoms with Crippen LogP contribution in [-0.2, 0) is 28.5 Å². The summed E-state index contributed by atoms with van der Waals surface area (Å²) in [7, 11) is 1.47. The van der Waals surface area contributed by atoms with Crippen molar-refractivity contribution in [2.75, 3.05) is 53.2 Å². The molecular formula is C41H79NO6. The summed E-state index contributed by atoms with van der Waals surface area (Å²) in [4.78, 5) is 26.0.